The number of imidazole rings is 1. The lowest BCUT2D eigenvalue weighted by Crippen LogP contribution is -2.26. The predicted octanol–water partition coefficient (Wildman–Crippen LogP) is 2.49. The molecule has 100 valence electrons. The first kappa shape index (κ1) is 13.8. The second kappa shape index (κ2) is 5.54. The third-order valence-electron chi connectivity index (χ3n) is 2.81. The molecule has 6 heteroatoms. The second-order valence-corrected chi connectivity index (χ2v) is 5.08. The molecular weight excluding hydrogens is 310 g/mol. The number of aliphatic carboxylic acids is 1. The Bertz CT molecular complexity index is 610. The molecule has 0 amide bonds. The molecule has 1 aromatic carbocycles. The summed E-state index contributed by atoms with van der Waals surface area (Å²) in [6, 6.07) is 6.90. The van der Waals surface area contributed by atoms with Crippen LogP contribution < -0.4 is 5.32 Å². The SMILES string of the molecule is CNC(C(=O)O)c1nc(-c2cccc(Br)c2)c(C)[nH]1. The van der Waals surface area contributed by atoms with Crippen LogP contribution >= 0.6 is 15.9 Å². The summed E-state index contributed by atoms with van der Waals surface area (Å²) in [7, 11) is 1.59. The highest BCUT2D eigenvalue weighted by molar-refractivity contribution is 9.10. The van der Waals surface area contributed by atoms with E-state index in [2.05, 4.69) is 31.2 Å². The molecule has 5 nitrogen and oxygen atoms in total. The van der Waals surface area contributed by atoms with Crippen LogP contribution in [0, 0.1) is 6.92 Å². The lowest BCUT2D eigenvalue weighted by atomic mass is 10.1. The van der Waals surface area contributed by atoms with Crippen LogP contribution in [0.1, 0.15) is 17.6 Å². The first-order valence-corrected chi connectivity index (χ1v) is 6.54. The van der Waals surface area contributed by atoms with E-state index < -0.39 is 12.0 Å². The smallest absolute Gasteiger partial charge is 0.328 e. The zero-order valence-corrected chi connectivity index (χ0v) is 12.2. The lowest BCUT2D eigenvalue weighted by Gasteiger charge is -2.06. The molecule has 19 heavy (non-hydrogen) atoms. The van der Waals surface area contributed by atoms with Gasteiger partial charge in [-0.3, -0.25) is 4.79 Å². The summed E-state index contributed by atoms with van der Waals surface area (Å²) >= 11 is 3.41. The summed E-state index contributed by atoms with van der Waals surface area (Å²) in [6.07, 6.45) is 0. The Labute approximate surface area is 119 Å². The molecule has 1 atom stereocenters. The molecule has 0 bridgehead atoms. The molecule has 0 saturated heterocycles. The average molecular weight is 324 g/mol. The maximum Gasteiger partial charge on any atom is 0.328 e. The van der Waals surface area contributed by atoms with Crippen LogP contribution in [0.25, 0.3) is 11.3 Å². The van der Waals surface area contributed by atoms with E-state index in [1.54, 1.807) is 7.05 Å². The van der Waals surface area contributed by atoms with Crippen molar-refractivity contribution in [3.8, 4) is 11.3 Å². The van der Waals surface area contributed by atoms with E-state index in [0.29, 0.717) is 5.82 Å². The van der Waals surface area contributed by atoms with E-state index in [0.717, 1.165) is 21.4 Å². The molecule has 0 aliphatic carbocycles. The Kier molecular flexibility index (Phi) is 4.01. The Morgan fingerprint density at radius 3 is 2.84 bits per heavy atom. The van der Waals surface area contributed by atoms with Crippen molar-refractivity contribution in [1.82, 2.24) is 15.3 Å². The molecule has 0 aliphatic rings. The van der Waals surface area contributed by atoms with E-state index in [-0.39, 0.29) is 0 Å². The fourth-order valence-electron chi connectivity index (χ4n) is 1.91. The third kappa shape index (κ3) is 2.85. The maximum absolute atomic E-state index is 11.1. The van der Waals surface area contributed by atoms with Gasteiger partial charge in [-0.25, -0.2) is 4.98 Å². The van der Waals surface area contributed by atoms with Crippen molar-refractivity contribution in [2.45, 2.75) is 13.0 Å². The first-order chi connectivity index (χ1) is 9.02. The van der Waals surface area contributed by atoms with Crippen LogP contribution in [0.15, 0.2) is 28.7 Å². The number of carboxylic acid groups (broad SMARTS) is 1. The van der Waals surface area contributed by atoms with Crippen molar-refractivity contribution in [1.29, 1.82) is 0 Å². The number of nitrogens with one attached hydrogen (secondary N) is 2. The van der Waals surface area contributed by atoms with Gasteiger partial charge in [0.15, 0.2) is 6.04 Å². The molecule has 0 spiro atoms. The number of H-pyrrole nitrogens is 1. The summed E-state index contributed by atoms with van der Waals surface area (Å²) in [6.45, 7) is 1.88. The van der Waals surface area contributed by atoms with Gasteiger partial charge in [0, 0.05) is 15.7 Å². The van der Waals surface area contributed by atoms with Crippen LogP contribution in [-0.2, 0) is 4.79 Å². The van der Waals surface area contributed by atoms with E-state index in [4.69, 9.17) is 5.11 Å². The van der Waals surface area contributed by atoms with Crippen molar-refractivity contribution >= 4 is 21.9 Å². The summed E-state index contributed by atoms with van der Waals surface area (Å²) in [5.74, 6) is -0.556. The number of benzene rings is 1. The standard InChI is InChI=1S/C13H14BrN3O2/c1-7-10(8-4-3-5-9(14)6-8)17-12(16-7)11(15-2)13(18)19/h3-6,11,15H,1-2H3,(H,16,17)(H,18,19). The molecule has 1 aromatic heterocycles. The Morgan fingerprint density at radius 1 is 1.53 bits per heavy atom. The predicted molar refractivity (Wildman–Crippen MR) is 75.9 cm³/mol. The number of hydrogen-bond donors (Lipinski definition) is 3. The number of carbonyl (C=O) groups is 1. The number of hydrogen-bond acceptors (Lipinski definition) is 3. The number of likely N-dealkylation sites (N-methyl/N-ethyl adjacent to an activating group) is 1. The molecule has 0 saturated carbocycles. The molecule has 0 fully saturated rings. The summed E-state index contributed by atoms with van der Waals surface area (Å²) < 4.78 is 0.956. The quantitative estimate of drug-likeness (QED) is 0.807. The number of aromatic nitrogens is 2. The zero-order valence-electron chi connectivity index (χ0n) is 10.6. The number of aromatic amines is 1. The Hall–Kier alpha value is -1.66. The molecule has 2 rings (SSSR count). The van der Waals surface area contributed by atoms with Gasteiger partial charge in [0.2, 0.25) is 0 Å². The van der Waals surface area contributed by atoms with Crippen molar-refractivity contribution in [3.63, 3.8) is 0 Å². The molecule has 1 unspecified atom stereocenters. The van der Waals surface area contributed by atoms with E-state index in [1.807, 2.05) is 31.2 Å². The molecule has 0 aliphatic heterocycles. The molecule has 3 N–H and O–H groups in total. The molecule has 1 heterocycles. The minimum atomic E-state index is -0.961. The van der Waals surface area contributed by atoms with Gasteiger partial charge in [-0.2, -0.15) is 0 Å². The molecule has 0 radical (unpaired) electrons. The summed E-state index contributed by atoms with van der Waals surface area (Å²) in [5.41, 5.74) is 2.54. The molecule has 2 aromatic rings. The van der Waals surface area contributed by atoms with Crippen molar-refractivity contribution < 1.29 is 9.90 Å². The maximum atomic E-state index is 11.1. The number of rotatable bonds is 4. The molecular formula is C13H14BrN3O2. The summed E-state index contributed by atoms with van der Waals surface area (Å²) in [5, 5.41) is 11.8. The van der Waals surface area contributed by atoms with Gasteiger partial charge in [0.25, 0.3) is 0 Å². The number of halogens is 1. The van der Waals surface area contributed by atoms with E-state index in [9.17, 15) is 4.79 Å². The zero-order chi connectivity index (χ0) is 14.0. The van der Waals surface area contributed by atoms with Gasteiger partial charge in [0.05, 0.1) is 5.69 Å². The minimum absolute atomic E-state index is 0.405. The van der Waals surface area contributed by atoms with Crippen molar-refractivity contribution in [2.24, 2.45) is 0 Å². The Balaban J connectivity index is 2.44. The lowest BCUT2D eigenvalue weighted by molar-refractivity contribution is -0.139. The van der Waals surface area contributed by atoms with Gasteiger partial charge < -0.3 is 15.4 Å². The van der Waals surface area contributed by atoms with Crippen LogP contribution in [-0.4, -0.2) is 28.1 Å². The van der Waals surface area contributed by atoms with Crippen LogP contribution in [0.4, 0.5) is 0 Å². The van der Waals surface area contributed by atoms with Crippen LogP contribution in [0.3, 0.4) is 0 Å². The fourth-order valence-corrected chi connectivity index (χ4v) is 2.31. The highest BCUT2D eigenvalue weighted by Crippen LogP contribution is 2.25. The number of nitrogens with zero attached hydrogens (tertiary/aromatic N) is 1. The van der Waals surface area contributed by atoms with Gasteiger partial charge >= 0.3 is 5.97 Å². The largest absolute Gasteiger partial charge is 0.480 e. The van der Waals surface area contributed by atoms with Gasteiger partial charge in [-0.15, -0.1) is 0 Å². The van der Waals surface area contributed by atoms with Crippen molar-refractivity contribution in [3.05, 3.63) is 40.3 Å². The highest BCUT2D eigenvalue weighted by Gasteiger charge is 2.22. The summed E-state index contributed by atoms with van der Waals surface area (Å²) in [4.78, 5) is 18.5. The minimum Gasteiger partial charge on any atom is -0.480 e. The van der Waals surface area contributed by atoms with E-state index >= 15 is 0 Å². The number of carboxylic acids is 1. The second-order valence-electron chi connectivity index (χ2n) is 4.17. The van der Waals surface area contributed by atoms with Gasteiger partial charge in [-0.05, 0) is 26.1 Å². The highest BCUT2D eigenvalue weighted by atomic mass is 79.9. The number of aryl methyl sites for hydroxylation is 1. The normalized spacial score (nSPS) is 12.4. The fraction of sp³-hybridized carbons (Fsp3) is 0.231. The third-order valence-corrected chi connectivity index (χ3v) is 3.30. The van der Waals surface area contributed by atoms with Crippen LogP contribution in [0.5, 0.6) is 0 Å². The van der Waals surface area contributed by atoms with Gasteiger partial charge in [-0.1, -0.05) is 28.1 Å². The van der Waals surface area contributed by atoms with Gasteiger partial charge in [0.1, 0.15) is 5.82 Å². The van der Waals surface area contributed by atoms with Crippen LogP contribution in [0.2, 0.25) is 0 Å². The first-order valence-electron chi connectivity index (χ1n) is 5.75. The van der Waals surface area contributed by atoms with Crippen molar-refractivity contribution in [2.75, 3.05) is 7.05 Å². The topological polar surface area (TPSA) is 78.0 Å². The average Bonchev–Trinajstić information content (AvgIpc) is 2.71. The Morgan fingerprint density at radius 2 is 2.26 bits per heavy atom. The van der Waals surface area contributed by atoms with E-state index in [1.165, 1.54) is 0 Å². The monoisotopic (exact) mass is 323 g/mol.